The first-order chi connectivity index (χ1) is 9.06. The molecule has 2 heteroatoms. The lowest BCUT2D eigenvalue weighted by Gasteiger charge is -2.15. The number of aliphatic hydroxyl groups is 1. The number of nitrogens with one attached hydrogen (secondary N) is 1. The molecule has 0 bridgehead atoms. The minimum absolute atomic E-state index is 0.486. The fourth-order valence-electron chi connectivity index (χ4n) is 2.04. The average molecular weight is 255 g/mol. The van der Waals surface area contributed by atoms with Crippen molar-refractivity contribution < 1.29 is 5.11 Å². The van der Waals surface area contributed by atoms with Gasteiger partial charge in [0.15, 0.2) is 0 Å². The molecule has 2 nitrogen and oxygen atoms in total. The van der Waals surface area contributed by atoms with Gasteiger partial charge in [-0.2, -0.15) is 0 Å². The molecule has 0 fully saturated rings. The van der Waals surface area contributed by atoms with Crippen molar-refractivity contribution >= 4 is 5.69 Å². The maximum atomic E-state index is 10.2. The summed E-state index contributed by atoms with van der Waals surface area (Å²) in [7, 11) is 0. The van der Waals surface area contributed by atoms with E-state index >= 15 is 0 Å². The fourth-order valence-corrected chi connectivity index (χ4v) is 2.04. The zero-order valence-corrected chi connectivity index (χ0v) is 11.8. The van der Waals surface area contributed by atoms with E-state index in [1.54, 1.807) is 0 Å². The molecule has 1 unspecified atom stereocenters. The average Bonchev–Trinajstić information content (AvgIpc) is 2.40. The Balaban J connectivity index is 2.02. The number of anilines is 1. The molecule has 100 valence electrons. The van der Waals surface area contributed by atoms with Crippen LogP contribution in [0, 0.1) is 20.8 Å². The molecule has 0 aliphatic heterocycles. The van der Waals surface area contributed by atoms with Crippen LogP contribution in [0.2, 0.25) is 0 Å². The van der Waals surface area contributed by atoms with E-state index in [-0.39, 0.29) is 0 Å². The van der Waals surface area contributed by atoms with Crippen molar-refractivity contribution in [1.82, 2.24) is 0 Å². The second-order valence-corrected chi connectivity index (χ2v) is 5.13. The Labute approximate surface area is 115 Å². The normalized spacial score (nSPS) is 12.2. The zero-order chi connectivity index (χ0) is 13.8. The number of aryl methyl sites for hydroxylation is 3. The maximum Gasteiger partial charge on any atom is 0.0962 e. The van der Waals surface area contributed by atoms with Gasteiger partial charge in [-0.1, -0.05) is 42.0 Å². The Morgan fingerprint density at radius 3 is 2.26 bits per heavy atom. The van der Waals surface area contributed by atoms with Crippen LogP contribution in [-0.2, 0) is 0 Å². The highest BCUT2D eigenvalue weighted by atomic mass is 16.3. The number of aliphatic hydroxyl groups excluding tert-OH is 1. The molecule has 0 saturated heterocycles. The Hall–Kier alpha value is -1.80. The highest BCUT2D eigenvalue weighted by molar-refractivity contribution is 5.52. The molecule has 1 atom stereocenters. The summed E-state index contributed by atoms with van der Waals surface area (Å²) in [6, 6.07) is 14.3. The van der Waals surface area contributed by atoms with Gasteiger partial charge in [0, 0.05) is 12.2 Å². The Morgan fingerprint density at radius 2 is 1.58 bits per heavy atom. The summed E-state index contributed by atoms with van der Waals surface area (Å²) in [5.74, 6) is 0. The van der Waals surface area contributed by atoms with Crippen molar-refractivity contribution in [2.75, 3.05) is 11.9 Å². The fraction of sp³-hybridized carbons (Fsp3) is 0.294. The monoisotopic (exact) mass is 255 g/mol. The van der Waals surface area contributed by atoms with Gasteiger partial charge in [0.2, 0.25) is 0 Å². The van der Waals surface area contributed by atoms with Crippen molar-refractivity contribution in [3.8, 4) is 0 Å². The van der Waals surface area contributed by atoms with Crippen LogP contribution in [0.4, 0.5) is 5.69 Å². The van der Waals surface area contributed by atoms with E-state index < -0.39 is 6.10 Å². The first kappa shape index (κ1) is 13.6. The molecule has 0 heterocycles. The molecule has 0 aliphatic carbocycles. The lowest BCUT2D eigenvalue weighted by atomic mass is 10.1. The summed E-state index contributed by atoms with van der Waals surface area (Å²) in [5, 5.41) is 13.5. The summed E-state index contributed by atoms with van der Waals surface area (Å²) in [6.07, 6.45) is -0.486. The third-order valence-electron chi connectivity index (χ3n) is 3.34. The van der Waals surface area contributed by atoms with E-state index in [1.165, 1.54) is 16.7 Å². The van der Waals surface area contributed by atoms with Gasteiger partial charge in [-0.3, -0.25) is 0 Å². The van der Waals surface area contributed by atoms with Gasteiger partial charge in [-0.25, -0.2) is 0 Å². The summed E-state index contributed by atoms with van der Waals surface area (Å²) in [6.45, 7) is 6.71. The molecule has 2 rings (SSSR count). The van der Waals surface area contributed by atoms with Crippen molar-refractivity contribution in [2.45, 2.75) is 26.9 Å². The molecule has 0 aromatic heterocycles. The first-order valence-electron chi connectivity index (χ1n) is 6.62. The number of hydrogen-bond acceptors (Lipinski definition) is 2. The Kier molecular flexibility index (Phi) is 4.23. The molecule has 2 aromatic carbocycles. The Morgan fingerprint density at radius 1 is 0.947 bits per heavy atom. The van der Waals surface area contributed by atoms with E-state index in [9.17, 15) is 5.11 Å². The lowest BCUT2D eigenvalue weighted by molar-refractivity contribution is 0.191. The predicted octanol–water partition coefficient (Wildman–Crippen LogP) is 3.76. The second kappa shape index (κ2) is 5.89. The molecule has 2 aromatic rings. The van der Waals surface area contributed by atoms with Crippen molar-refractivity contribution in [3.05, 3.63) is 64.7 Å². The number of rotatable bonds is 4. The van der Waals surface area contributed by atoms with Gasteiger partial charge in [0.05, 0.1) is 6.10 Å². The second-order valence-electron chi connectivity index (χ2n) is 5.13. The molecule has 0 radical (unpaired) electrons. The summed E-state index contributed by atoms with van der Waals surface area (Å²) in [4.78, 5) is 0. The molecule has 0 saturated carbocycles. The van der Waals surface area contributed by atoms with Crippen LogP contribution in [0.3, 0.4) is 0 Å². The van der Waals surface area contributed by atoms with E-state index in [1.807, 2.05) is 31.2 Å². The highest BCUT2D eigenvalue weighted by Gasteiger charge is 2.07. The number of hydrogen-bond donors (Lipinski definition) is 2. The van der Waals surface area contributed by atoms with Crippen LogP contribution in [-0.4, -0.2) is 11.7 Å². The van der Waals surface area contributed by atoms with E-state index in [0.717, 1.165) is 11.3 Å². The van der Waals surface area contributed by atoms with Crippen molar-refractivity contribution in [2.24, 2.45) is 0 Å². The third kappa shape index (κ3) is 3.58. The SMILES string of the molecule is Cc1ccc(C(O)CNc2cc(C)ccc2C)cc1. The number of benzene rings is 2. The summed E-state index contributed by atoms with van der Waals surface area (Å²) < 4.78 is 0. The molecular formula is C17H21NO. The highest BCUT2D eigenvalue weighted by Crippen LogP contribution is 2.19. The first-order valence-corrected chi connectivity index (χ1v) is 6.62. The summed E-state index contributed by atoms with van der Waals surface area (Å²) >= 11 is 0. The van der Waals surface area contributed by atoms with Gasteiger partial charge in [-0.15, -0.1) is 0 Å². The van der Waals surface area contributed by atoms with Crippen LogP contribution in [0.25, 0.3) is 0 Å². The molecule has 0 spiro atoms. The molecule has 0 aliphatic rings. The van der Waals surface area contributed by atoms with E-state index in [2.05, 4.69) is 37.4 Å². The molecule has 2 N–H and O–H groups in total. The van der Waals surface area contributed by atoms with Gasteiger partial charge >= 0.3 is 0 Å². The maximum absolute atomic E-state index is 10.2. The minimum Gasteiger partial charge on any atom is -0.387 e. The van der Waals surface area contributed by atoms with E-state index in [4.69, 9.17) is 0 Å². The van der Waals surface area contributed by atoms with Crippen LogP contribution < -0.4 is 5.32 Å². The largest absolute Gasteiger partial charge is 0.387 e. The standard InChI is InChI=1S/C17H21NO/c1-12-5-8-15(9-6-12)17(19)11-18-16-10-13(2)4-7-14(16)3/h4-10,17-19H,11H2,1-3H3. The van der Waals surface area contributed by atoms with Crippen LogP contribution >= 0.6 is 0 Å². The van der Waals surface area contributed by atoms with Crippen LogP contribution in [0.5, 0.6) is 0 Å². The van der Waals surface area contributed by atoms with Gasteiger partial charge in [-0.05, 0) is 43.5 Å². The minimum atomic E-state index is -0.486. The molecular weight excluding hydrogens is 234 g/mol. The van der Waals surface area contributed by atoms with Gasteiger partial charge in [0.1, 0.15) is 0 Å². The zero-order valence-electron chi connectivity index (χ0n) is 11.8. The topological polar surface area (TPSA) is 32.3 Å². The Bertz CT molecular complexity index is 546. The lowest BCUT2D eigenvalue weighted by Crippen LogP contribution is -2.12. The van der Waals surface area contributed by atoms with Gasteiger partial charge in [0.25, 0.3) is 0 Å². The quantitative estimate of drug-likeness (QED) is 0.872. The van der Waals surface area contributed by atoms with Gasteiger partial charge < -0.3 is 10.4 Å². The van der Waals surface area contributed by atoms with Crippen LogP contribution in [0.15, 0.2) is 42.5 Å². The van der Waals surface area contributed by atoms with Crippen molar-refractivity contribution in [1.29, 1.82) is 0 Å². The van der Waals surface area contributed by atoms with E-state index in [0.29, 0.717) is 6.54 Å². The van der Waals surface area contributed by atoms with Crippen LogP contribution in [0.1, 0.15) is 28.4 Å². The third-order valence-corrected chi connectivity index (χ3v) is 3.34. The smallest absolute Gasteiger partial charge is 0.0962 e. The van der Waals surface area contributed by atoms with Crippen molar-refractivity contribution in [3.63, 3.8) is 0 Å². The predicted molar refractivity (Wildman–Crippen MR) is 80.5 cm³/mol. The molecule has 0 amide bonds. The summed E-state index contributed by atoms with van der Waals surface area (Å²) in [5.41, 5.74) is 5.66. The molecule has 19 heavy (non-hydrogen) atoms.